The van der Waals surface area contributed by atoms with E-state index in [1.54, 1.807) is 16.7 Å². The molecular weight excluding hydrogens is 354 g/mol. The Morgan fingerprint density at radius 2 is 1.71 bits per heavy atom. The lowest BCUT2D eigenvalue weighted by Gasteiger charge is -2.11. The van der Waals surface area contributed by atoms with Gasteiger partial charge in [0.25, 0.3) is 0 Å². The van der Waals surface area contributed by atoms with Crippen LogP contribution in [0.3, 0.4) is 0 Å². The van der Waals surface area contributed by atoms with Gasteiger partial charge in [-0.3, -0.25) is 4.79 Å². The van der Waals surface area contributed by atoms with Crippen molar-refractivity contribution < 1.29 is 19.7 Å². The maximum absolute atomic E-state index is 12.0. The highest BCUT2D eigenvalue weighted by molar-refractivity contribution is 5.94. The van der Waals surface area contributed by atoms with Gasteiger partial charge in [0.05, 0.1) is 26.7 Å². The predicted molar refractivity (Wildman–Crippen MR) is 108 cm³/mol. The van der Waals surface area contributed by atoms with E-state index in [0.717, 1.165) is 21.7 Å². The van der Waals surface area contributed by atoms with E-state index in [-0.39, 0.29) is 24.9 Å². The van der Waals surface area contributed by atoms with Crippen LogP contribution >= 0.6 is 0 Å². The zero-order valence-electron chi connectivity index (χ0n) is 15.6. The summed E-state index contributed by atoms with van der Waals surface area (Å²) in [7, 11) is 1.35. The Balaban J connectivity index is 1.84. The van der Waals surface area contributed by atoms with Crippen molar-refractivity contribution in [3.8, 4) is 5.88 Å². The van der Waals surface area contributed by atoms with Gasteiger partial charge in [-0.15, -0.1) is 0 Å². The number of benzene rings is 3. The summed E-state index contributed by atoms with van der Waals surface area (Å²) in [6.07, 6.45) is 0.0552. The summed E-state index contributed by atoms with van der Waals surface area (Å²) < 4.78 is 6.59. The monoisotopic (exact) mass is 375 g/mol. The van der Waals surface area contributed by atoms with Gasteiger partial charge in [-0.05, 0) is 34.0 Å². The lowest BCUT2D eigenvalue weighted by atomic mass is 10.1. The zero-order chi connectivity index (χ0) is 19.7. The highest BCUT2D eigenvalue weighted by atomic mass is 16.5. The molecule has 5 nitrogen and oxygen atoms in total. The number of aromatic nitrogens is 1. The third-order valence-corrected chi connectivity index (χ3v) is 5.09. The first kappa shape index (κ1) is 18.1. The number of hydrogen-bond acceptors (Lipinski definition) is 4. The summed E-state index contributed by atoms with van der Waals surface area (Å²) in [5.74, 6) is -0.289. The first-order valence-electron chi connectivity index (χ1n) is 9.09. The van der Waals surface area contributed by atoms with Crippen molar-refractivity contribution >= 4 is 27.5 Å². The van der Waals surface area contributed by atoms with E-state index in [2.05, 4.69) is 18.2 Å². The van der Waals surface area contributed by atoms with Crippen LogP contribution in [0.5, 0.6) is 5.88 Å². The Morgan fingerprint density at radius 1 is 0.964 bits per heavy atom. The number of ether oxygens (including phenoxy) is 1. The smallest absolute Gasteiger partial charge is 0.311 e. The molecule has 1 aromatic heterocycles. The molecular formula is C23H21NO4. The number of carbonyl (C=O) groups excluding carboxylic acids is 1. The van der Waals surface area contributed by atoms with Crippen molar-refractivity contribution in [1.29, 1.82) is 0 Å². The maximum atomic E-state index is 12.0. The quantitative estimate of drug-likeness (QED) is 0.521. The van der Waals surface area contributed by atoms with Gasteiger partial charge in [-0.2, -0.15) is 0 Å². The molecule has 0 spiro atoms. The fourth-order valence-electron chi connectivity index (χ4n) is 3.63. The fraction of sp³-hybridized carbons (Fsp3) is 0.174. The topological polar surface area (TPSA) is 71.7 Å². The van der Waals surface area contributed by atoms with E-state index < -0.39 is 0 Å². The minimum atomic E-state index is -0.370. The van der Waals surface area contributed by atoms with Crippen molar-refractivity contribution in [2.24, 2.45) is 0 Å². The van der Waals surface area contributed by atoms with Gasteiger partial charge in [0.15, 0.2) is 5.88 Å². The van der Waals surface area contributed by atoms with Crippen molar-refractivity contribution in [1.82, 2.24) is 4.57 Å². The van der Waals surface area contributed by atoms with Gasteiger partial charge in [0.2, 0.25) is 0 Å². The molecule has 0 aliphatic heterocycles. The standard InChI is InChI=1S/C23H21NO4/c1-28-22(26)12-21-19-9-7-16(14-25)11-20(19)23(27)24(21)13-15-6-8-17-4-2-3-5-18(17)10-15/h2-11,25,27H,12-14H2,1H3. The summed E-state index contributed by atoms with van der Waals surface area (Å²) in [4.78, 5) is 12.0. The molecule has 28 heavy (non-hydrogen) atoms. The van der Waals surface area contributed by atoms with E-state index in [4.69, 9.17) is 4.74 Å². The van der Waals surface area contributed by atoms with Crippen molar-refractivity contribution in [2.75, 3.05) is 7.11 Å². The molecule has 5 heteroatoms. The van der Waals surface area contributed by atoms with Gasteiger partial charge in [0.1, 0.15) is 0 Å². The molecule has 4 aromatic rings. The summed E-state index contributed by atoms with van der Waals surface area (Å²) in [5, 5.41) is 24.0. The van der Waals surface area contributed by atoms with Crippen LogP contribution in [-0.4, -0.2) is 27.9 Å². The molecule has 2 N–H and O–H groups in total. The van der Waals surface area contributed by atoms with E-state index in [1.165, 1.54) is 7.11 Å². The number of aromatic hydroxyl groups is 1. The highest BCUT2D eigenvalue weighted by Crippen LogP contribution is 2.34. The normalized spacial score (nSPS) is 11.2. The molecule has 0 radical (unpaired) electrons. The van der Waals surface area contributed by atoms with Crippen LogP contribution in [0.2, 0.25) is 0 Å². The second-order valence-electron chi connectivity index (χ2n) is 6.83. The molecule has 0 atom stereocenters. The van der Waals surface area contributed by atoms with Crippen LogP contribution < -0.4 is 0 Å². The van der Waals surface area contributed by atoms with Crippen LogP contribution in [0.4, 0.5) is 0 Å². The minimum absolute atomic E-state index is 0.0552. The molecule has 0 bridgehead atoms. The van der Waals surface area contributed by atoms with Gasteiger partial charge in [-0.1, -0.05) is 48.5 Å². The molecule has 0 aliphatic rings. The molecule has 0 saturated carbocycles. The average molecular weight is 375 g/mol. The number of hydrogen-bond donors (Lipinski definition) is 2. The summed E-state index contributed by atoms with van der Waals surface area (Å²) in [5.41, 5.74) is 2.41. The Kier molecular flexibility index (Phi) is 4.75. The lowest BCUT2D eigenvalue weighted by molar-refractivity contribution is -0.139. The minimum Gasteiger partial charge on any atom is -0.494 e. The first-order chi connectivity index (χ1) is 13.6. The summed E-state index contributed by atoms with van der Waals surface area (Å²) in [6, 6.07) is 19.6. The molecule has 1 heterocycles. The number of methoxy groups -OCH3 is 1. The largest absolute Gasteiger partial charge is 0.494 e. The predicted octanol–water partition coefficient (Wildman–Crippen LogP) is 3.76. The van der Waals surface area contributed by atoms with Crippen molar-refractivity contribution in [3.63, 3.8) is 0 Å². The number of nitrogens with zero attached hydrogens (tertiary/aromatic N) is 1. The SMILES string of the molecule is COC(=O)Cc1c2ccc(CO)cc2c(O)n1Cc1ccc2ccccc2c1. The third kappa shape index (κ3) is 3.21. The summed E-state index contributed by atoms with van der Waals surface area (Å²) in [6.45, 7) is 0.309. The van der Waals surface area contributed by atoms with Gasteiger partial charge in [0, 0.05) is 16.5 Å². The van der Waals surface area contributed by atoms with E-state index in [1.807, 2.05) is 30.3 Å². The highest BCUT2D eigenvalue weighted by Gasteiger charge is 2.19. The molecule has 0 fully saturated rings. The van der Waals surface area contributed by atoms with Gasteiger partial charge >= 0.3 is 5.97 Å². The van der Waals surface area contributed by atoms with E-state index >= 15 is 0 Å². The Morgan fingerprint density at radius 3 is 2.46 bits per heavy atom. The van der Waals surface area contributed by atoms with Crippen LogP contribution in [0, 0.1) is 0 Å². The first-order valence-corrected chi connectivity index (χ1v) is 9.09. The third-order valence-electron chi connectivity index (χ3n) is 5.09. The molecule has 4 rings (SSSR count). The second kappa shape index (κ2) is 7.37. The molecule has 3 aromatic carbocycles. The molecule has 0 aliphatic carbocycles. The Hall–Kier alpha value is -3.31. The Labute approximate surface area is 162 Å². The van der Waals surface area contributed by atoms with E-state index in [9.17, 15) is 15.0 Å². The van der Waals surface area contributed by atoms with Crippen LogP contribution in [0.1, 0.15) is 16.8 Å². The molecule has 142 valence electrons. The van der Waals surface area contributed by atoms with Crippen LogP contribution in [0.25, 0.3) is 21.5 Å². The van der Waals surface area contributed by atoms with Gasteiger partial charge in [-0.25, -0.2) is 0 Å². The zero-order valence-corrected chi connectivity index (χ0v) is 15.6. The second-order valence-corrected chi connectivity index (χ2v) is 6.83. The van der Waals surface area contributed by atoms with Gasteiger partial charge < -0.3 is 19.5 Å². The number of aliphatic hydroxyl groups excluding tert-OH is 1. The van der Waals surface area contributed by atoms with Crippen molar-refractivity contribution in [3.05, 3.63) is 77.5 Å². The average Bonchev–Trinajstić information content (AvgIpc) is 2.98. The Bertz CT molecular complexity index is 1180. The van der Waals surface area contributed by atoms with Crippen LogP contribution in [-0.2, 0) is 29.1 Å². The number of rotatable bonds is 5. The maximum Gasteiger partial charge on any atom is 0.311 e. The number of fused-ring (bicyclic) bond motifs is 2. The van der Waals surface area contributed by atoms with Crippen LogP contribution in [0.15, 0.2) is 60.7 Å². The lowest BCUT2D eigenvalue weighted by Crippen LogP contribution is -2.11. The molecule has 0 saturated heterocycles. The number of carbonyl (C=O) groups is 1. The molecule has 0 unspecified atom stereocenters. The fourth-order valence-corrected chi connectivity index (χ4v) is 3.63. The van der Waals surface area contributed by atoms with E-state index in [0.29, 0.717) is 23.2 Å². The summed E-state index contributed by atoms with van der Waals surface area (Å²) >= 11 is 0. The molecule has 0 amide bonds. The number of esters is 1. The number of aliphatic hydroxyl groups is 1. The van der Waals surface area contributed by atoms with Crippen molar-refractivity contribution in [2.45, 2.75) is 19.6 Å².